The molecule has 0 bridgehead atoms. The minimum absolute atomic E-state index is 0.148. The van der Waals surface area contributed by atoms with E-state index in [1.54, 1.807) is 18.2 Å². The number of nitrogens with one attached hydrogen (secondary N) is 1. The van der Waals surface area contributed by atoms with E-state index in [1.807, 2.05) is 0 Å². The van der Waals surface area contributed by atoms with Gasteiger partial charge in [-0.05, 0) is 25.0 Å². The van der Waals surface area contributed by atoms with E-state index >= 15 is 0 Å². The van der Waals surface area contributed by atoms with Gasteiger partial charge >= 0.3 is 0 Å². The van der Waals surface area contributed by atoms with Crippen LogP contribution in [-0.2, 0) is 14.8 Å². The van der Waals surface area contributed by atoms with Crippen LogP contribution in [0, 0.1) is 0 Å². The van der Waals surface area contributed by atoms with Crippen LogP contribution >= 0.6 is 0 Å². The van der Waals surface area contributed by atoms with Crippen LogP contribution in [0.25, 0.3) is 0 Å². The lowest BCUT2D eigenvalue weighted by Crippen LogP contribution is -2.21. The number of hydrogen-bond donors (Lipinski definition) is 2. The molecule has 1 aliphatic rings. The third-order valence-corrected chi connectivity index (χ3v) is 3.40. The van der Waals surface area contributed by atoms with Gasteiger partial charge in [-0.1, -0.05) is 24.6 Å². The molecule has 0 saturated carbocycles. The average Bonchev–Trinajstić information content (AvgIpc) is 2.58. The minimum Gasteiger partial charge on any atom is -0.356 e. The highest BCUT2D eigenvalue weighted by molar-refractivity contribution is 7.89. The highest BCUT2D eigenvalue weighted by Gasteiger charge is 2.04. The summed E-state index contributed by atoms with van der Waals surface area (Å²) < 4.78 is 21.2. The van der Waals surface area contributed by atoms with Crippen molar-refractivity contribution >= 4 is 15.9 Å². The summed E-state index contributed by atoms with van der Waals surface area (Å²) in [5.41, 5.74) is 0. The Balaban J connectivity index is 0.000000184. The second-order valence-electron chi connectivity index (χ2n) is 4.02. The summed E-state index contributed by atoms with van der Waals surface area (Å²) in [7, 11) is -3.50. The van der Waals surface area contributed by atoms with E-state index in [2.05, 4.69) is 5.32 Å². The van der Waals surface area contributed by atoms with Crippen molar-refractivity contribution in [1.29, 1.82) is 0 Å². The molecule has 3 N–H and O–H groups in total. The summed E-state index contributed by atoms with van der Waals surface area (Å²) >= 11 is 0. The van der Waals surface area contributed by atoms with Crippen LogP contribution in [-0.4, -0.2) is 20.9 Å². The first kappa shape index (κ1) is 14.7. The molecule has 1 fully saturated rings. The Morgan fingerprint density at radius 2 is 1.72 bits per heavy atom. The number of amides is 1. The highest BCUT2D eigenvalue weighted by atomic mass is 32.2. The van der Waals surface area contributed by atoms with Gasteiger partial charge in [-0.3, -0.25) is 4.79 Å². The van der Waals surface area contributed by atoms with Crippen molar-refractivity contribution in [2.45, 2.75) is 30.6 Å². The van der Waals surface area contributed by atoms with Crippen LogP contribution < -0.4 is 10.5 Å². The molecule has 1 aromatic carbocycles. The normalized spacial score (nSPS) is 15.9. The van der Waals surface area contributed by atoms with Gasteiger partial charge in [0.1, 0.15) is 0 Å². The SMILES string of the molecule is NS(=O)(=O)c1ccccc1.O=C1CCCCCN1. The van der Waals surface area contributed by atoms with E-state index in [0.29, 0.717) is 0 Å². The maximum atomic E-state index is 10.6. The number of nitrogens with two attached hydrogens (primary N) is 1. The third kappa shape index (κ3) is 5.79. The molecule has 2 rings (SSSR count). The molecule has 0 radical (unpaired) electrons. The van der Waals surface area contributed by atoms with Gasteiger partial charge < -0.3 is 5.32 Å². The van der Waals surface area contributed by atoms with E-state index < -0.39 is 10.0 Å². The van der Waals surface area contributed by atoms with Crippen LogP contribution in [0.2, 0.25) is 0 Å². The number of rotatable bonds is 1. The molecule has 1 heterocycles. The lowest BCUT2D eigenvalue weighted by atomic mass is 10.2. The largest absolute Gasteiger partial charge is 0.356 e. The maximum Gasteiger partial charge on any atom is 0.238 e. The van der Waals surface area contributed by atoms with Crippen LogP contribution in [0.3, 0.4) is 0 Å². The van der Waals surface area contributed by atoms with Crippen LogP contribution in [0.4, 0.5) is 0 Å². The van der Waals surface area contributed by atoms with Gasteiger partial charge in [0.25, 0.3) is 0 Å². The number of hydrogen-bond acceptors (Lipinski definition) is 3. The zero-order valence-electron chi connectivity index (χ0n) is 10.1. The van der Waals surface area contributed by atoms with E-state index in [9.17, 15) is 13.2 Å². The smallest absolute Gasteiger partial charge is 0.238 e. The van der Waals surface area contributed by atoms with E-state index in [-0.39, 0.29) is 10.8 Å². The first-order valence-electron chi connectivity index (χ1n) is 5.85. The molecule has 0 spiro atoms. The highest BCUT2D eigenvalue weighted by Crippen LogP contribution is 2.03. The van der Waals surface area contributed by atoms with Crippen molar-refractivity contribution in [2.24, 2.45) is 5.14 Å². The van der Waals surface area contributed by atoms with Crippen LogP contribution in [0.15, 0.2) is 35.2 Å². The minimum atomic E-state index is -3.50. The summed E-state index contributed by atoms with van der Waals surface area (Å²) in [5, 5.41) is 7.63. The van der Waals surface area contributed by atoms with E-state index in [1.165, 1.54) is 18.6 Å². The number of carbonyl (C=O) groups excluding carboxylic acids is 1. The number of primary sulfonamides is 1. The van der Waals surface area contributed by atoms with Crippen molar-refractivity contribution < 1.29 is 13.2 Å². The topological polar surface area (TPSA) is 89.3 Å². The average molecular weight is 270 g/mol. The van der Waals surface area contributed by atoms with Gasteiger partial charge in [-0.25, -0.2) is 13.6 Å². The third-order valence-electron chi connectivity index (χ3n) is 2.47. The molecular weight excluding hydrogens is 252 g/mol. The molecule has 0 atom stereocenters. The number of carbonyl (C=O) groups is 1. The van der Waals surface area contributed by atoms with Crippen LogP contribution in [0.1, 0.15) is 25.7 Å². The van der Waals surface area contributed by atoms with Crippen LogP contribution in [0.5, 0.6) is 0 Å². The molecule has 6 heteroatoms. The van der Waals surface area contributed by atoms with E-state index in [0.717, 1.165) is 25.8 Å². The molecule has 1 aromatic rings. The predicted octanol–water partition coefficient (Wildman–Crippen LogP) is 1.01. The molecule has 0 aliphatic carbocycles. The number of benzene rings is 1. The fraction of sp³-hybridized carbons (Fsp3) is 0.417. The second-order valence-corrected chi connectivity index (χ2v) is 5.58. The van der Waals surface area contributed by atoms with Crippen molar-refractivity contribution in [3.8, 4) is 0 Å². The Kier molecular flexibility index (Phi) is 5.80. The molecule has 0 unspecified atom stereocenters. The summed E-state index contributed by atoms with van der Waals surface area (Å²) in [5.74, 6) is 0.225. The lowest BCUT2D eigenvalue weighted by molar-refractivity contribution is -0.120. The molecule has 5 nitrogen and oxygen atoms in total. The Morgan fingerprint density at radius 3 is 2.28 bits per heavy atom. The summed E-state index contributed by atoms with van der Waals surface area (Å²) in [6.07, 6.45) is 4.18. The predicted molar refractivity (Wildman–Crippen MR) is 69.3 cm³/mol. The maximum absolute atomic E-state index is 10.6. The Labute approximate surface area is 107 Å². The van der Waals surface area contributed by atoms with E-state index in [4.69, 9.17) is 5.14 Å². The molecular formula is C12H18N2O3S. The van der Waals surface area contributed by atoms with Gasteiger partial charge in [0.15, 0.2) is 0 Å². The molecule has 1 saturated heterocycles. The number of sulfonamides is 1. The Morgan fingerprint density at radius 1 is 1.06 bits per heavy atom. The van der Waals surface area contributed by atoms with Gasteiger partial charge in [-0.2, -0.15) is 0 Å². The van der Waals surface area contributed by atoms with Gasteiger partial charge in [0, 0.05) is 13.0 Å². The van der Waals surface area contributed by atoms with Crippen molar-refractivity contribution in [2.75, 3.05) is 6.54 Å². The first-order chi connectivity index (χ1) is 8.50. The Hall–Kier alpha value is -1.40. The van der Waals surface area contributed by atoms with Crippen molar-refractivity contribution in [3.63, 3.8) is 0 Å². The standard InChI is InChI=1S/C6H7NO2S.C6H11NO/c7-10(8,9)6-4-2-1-3-5-6;8-6-4-2-1-3-5-7-6/h1-5H,(H2,7,8,9);1-5H2,(H,7,8). The zero-order chi connectivity index (χ0) is 13.4. The molecule has 0 aromatic heterocycles. The van der Waals surface area contributed by atoms with Gasteiger partial charge in [-0.15, -0.1) is 0 Å². The summed E-state index contributed by atoms with van der Waals surface area (Å²) in [6, 6.07) is 7.89. The quantitative estimate of drug-likeness (QED) is 0.798. The fourth-order valence-corrected chi connectivity index (χ4v) is 2.05. The van der Waals surface area contributed by atoms with Gasteiger partial charge in [0.05, 0.1) is 4.90 Å². The lowest BCUT2D eigenvalue weighted by Gasteiger charge is -1.93. The Bertz CT molecular complexity index is 461. The molecule has 1 aliphatic heterocycles. The summed E-state index contributed by atoms with van der Waals surface area (Å²) in [6.45, 7) is 0.888. The summed E-state index contributed by atoms with van der Waals surface area (Å²) in [4.78, 5) is 10.7. The monoisotopic (exact) mass is 270 g/mol. The molecule has 1 amide bonds. The first-order valence-corrected chi connectivity index (χ1v) is 7.39. The second kappa shape index (κ2) is 7.13. The van der Waals surface area contributed by atoms with Crippen molar-refractivity contribution in [1.82, 2.24) is 5.32 Å². The molecule has 100 valence electrons. The molecule has 18 heavy (non-hydrogen) atoms. The van der Waals surface area contributed by atoms with Crippen molar-refractivity contribution in [3.05, 3.63) is 30.3 Å². The zero-order valence-corrected chi connectivity index (χ0v) is 10.9. The fourth-order valence-electron chi connectivity index (χ4n) is 1.51. The van der Waals surface area contributed by atoms with Gasteiger partial charge in [0.2, 0.25) is 15.9 Å².